The number of hydrogen-bond acceptors (Lipinski definition) is 12. The van der Waals surface area contributed by atoms with Gasteiger partial charge in [0.15, 0.2) is 6.29 Å². The molecule has 0 aromatic carbocycles. The first-order valence-corrected chi connectivity index (χ1v) is 12.4. The van der Waals surface area contributed by atoms with Crippen molar-refractivity contribution in [1.29, 1.82) is 0 Å². The Morgan fingerprint density at radius 2 is 1.87 bits per heavy atom. The van der Waals surface area contributed by atoms with Crippen molar-refractivity contribution in [3.05, 3.63) is 47.8 Å². The highest BCUT2D eigenvalue weighted by atomic mass is 16.8. The maximum atomic E-state index is 12.6. The average Bonchev–Trinajstić information content (AvgIpc) is 2.88. The van der Waals surface area contributed by atoms with Crippen molar-refractivity contribution in [2.75, 3.05) is 13.2 Å². The van der Waals surface area contributed by atoms with Crippen molar-refractivity contribution < 1.29 is 58.8 Å². The van der Waals surface area contributed by atoms with E-state index in [1.807, 2.05) is 6.92 Å². The molecule has 0 aromatic heterocycles. The molecule has 0 aromatic rings. The predicted molar refractivity (Wildman–Crippen MR) is 129 cm³/mol. The fourth-order valence-electron chi connectivity index (χ4n) is 4.49. The molecule has 0 saturated carbocycles. The molecule has 2 fully saturated rings. The standard InChI is InChI=1S/C26H36O12/c1-4-15-16-10-19(36-23(32)14(3)7-5-6-13(2)8-9-27)37-24(33)17(16)12-34-25(15)38-26-22(31)21(30)20(29)18(11-28)35-26/h4,7-8,12,15-16,18-22,25-31H,1,5-6,9-11H2,2-3H3. The first kappa shape index (κ1) is 30.0. The molecule has 0 aliphatic carbocycles. The van der Waals surface area contributed by atoms with Gasteiger partial charge in [0, 0.05) is 23.8 Å². The van der Waals surface area contributed by atoms with Crippen LogP contribution in [-0.4, -0.2) is 94.0 Å². The summed E-state index contributed by atoms with van der Waals surface area (Å²) in [4.78, 5) is 25.2. The third-order valence-electron chi connectivity index (χ3n) is 6.81. The van der Waals surface area contributed by atoms with Gasteiger partial charge in [-0.2, -0.15) is 0 Å². The number of allylic oxidation sites excluding steroid dienone is 2. The number of aliphatic hydroxyl groups is 5. The van der Waals surface area contributed by atoms with Gasteiger partial charge in [0.2, 0.25) is 12.6 Å². The van der Waals surface area contributed by atoms with E-state index in [0.29, 0.717) is 18.4 Å². The molecule has 38 heavy (non-hydrogen) atoms. The second kappa shape index (κ2) is 13.5. The molecule has 2 saturated heterocycles. The van der Waals surface area contributed by atoms with Crippen LogP contribution in [0, 0.1) is 11.8 Å². The minimum atomic E-state index is -1.64. The maximum absolute atomic E-state index is 12.6. The summed E-state index contributed by atoms with van der Waals surface area (Å²) in [7, 11) is 0. The second-order valence-corrected chi connectivity index (χ2v) is 9.47. The zero-order chi connectivity index (χ0) is 28.0. The molecule has 12 nitrogen and oxygen atoms in total. The van der Waals surface area contributed by atoms with Crippen molar-refractivity contribution in [1.82, 2.24) is 0 Å². The van der Waals surface area contributed by atoms with E-state index in [2.05, 4.69) is 6.58 Å². The number of aliphatic hydroxyl groups excluding tert-OH is 5. The Balaban J connectivity index is 1.66. The van der Waals surface area contributed by atoms with Gasteiger partial charge in [0.05, 0.1) is 25.0 Å². The Morgan fingerprint density at radius 1 is 1.13 bits per heavy atom. The zero-order valence-electron chi connectivity index (χ0n) is 21.3. The molecule has 0 amide bonds. The number of carbonyl (C=O) groups is 2. The lowest BCUT2D eigenvalue weighted by atomic mass is 9.80. The maximum Gasteiger partial charge on any atom is 0.340 e. The number of fused-ring (bicyclic) bond motifs is 1. The van der Waals surface area contributed by atoms with Gasteiger partial charge in [-0.25, -0.2) is 9.59 Å². The third-order valence-corrected chi connectivity index (χ3v) is 6.81. The van der Waals surface area contributed by atoms with Gasteiger partial charge in [0.25, 0.3) is 0 Å². The molecular weight excluding hydrogens is 504 g/mol. The minimum absolute atomic E-state index is 0.0492. The monoisotopic (exact) mass is 540 g/mol. The Bertz CT molecular complexity index is 954. The first-order chi connectivity index (χ1) is 18.1. The van der Waals surface area contributed by atoms with Crippen LogP contribution >= 0.6 is 0 Å². The molecule has 12 heteroatoms. The zero-order valence-corrected chi connectivity index (χ0v) is 21.3. The molecule has 9 unspecified atom stereocenters. The minimum Gasteiger partial charge on any atom is -0.471 e. The normalized spacial score (nSPS) is 35.9. The number of esters is 2. The molecule has 0 bridgehead atoms. The Morgan fingerprint density at radius 3 is 2.53 bits per heavy atom. The molecule has 9 atom stereocenters. The smallest absolute Gasteiger partial charge is 0.340 e. The van der Waals surface area contributed by atoms with Crippen molar-refractivity contribution in [2.45, 2.75) is 76.4 Å². The molecule has 3 heterocycles. The van der Waals surface area contributed by atoms with Crippen LogP contribution in [0.3, 0.4) is 0 Å². The van der Waals surface area contributed by atoms with Gasteiger partial charge < -0.3 is 49.2 Å². The van der Waals surface area contributed by atoms with Gasteiger partial charge in [-0.05, 0) is 26.7 Å². The van der Waals surface area contributed by atoms with Crippen molar-refractivity contribution in [3.8, 4) is 0 Å². The van der Waals surface area contributed by atoms with Gasteiger partial charge >= 0.3 is 11.9 Å². The number of hydrogen-bond donors (Lipinski definition) is 5. The average molecular weight is 541 g/mol. The van der Waals surface area contributed by atoms with Crippen molar-refractivity contribution in [2.24, 2.45) is 11.8 Å². The Labute approximate surface area is 220 Å². The van der Waals surface area contributed by atoms with E-state index in [0.717, 1.165) is 11.8 Å². The van der Waals surface area contributed by atoms with Crippen LogP contribution in [0.4, 0.5) is 0 Å². The first-order valence-electron chi connectivity index (χ1n) is 12.4. The van der Waals surface area contributed by atoms with Gasteiger partial charge in [0.1, 0.15) is 24.4 Å². The third kappa shape index (κ3) is 6.89. The van der Waals surface area contributed by atoms with E-state index in [1.54, 1.807) is 19.1 Å². The van der Waals surface area contributed by atoms with Crippen molar-refractivity contribution >= 4 is 11.9 Å². The van der Waals surface area contributed by atoms with E-state index in [-0.39, 0.29) is 18.6 Å². The van der Waals surface area contributed by atoms with Crippen LogP contribution in [0.2, 0.25) is 0 Å². The largest absolute Gasteiger partial charge is 0.471 e. The molecule has 5 N–H and O–H groups in total. The fraction of sp³-hybridized carbons (Fsp3) is 0.615. The molecule has 0 spiro atoms. The SMILES string of the molecule is C=CC1C(OC2OC(CO)C(O)C(O)C2O)OC=C2C(=O)OC(OC(=O)C(C)=CCCC(C)=CCO)CC21. The van der Waals surface area contributed by atoms with E-state index in [9.17, 15) is 30.0 Å². The van der Waals surface area contributed by atoms with E-state index in [4.69, 9.17) is 28.8 Å². The van der Waals surface area contributed by atoms with Crippen LogP contribution < -0.4 is 0 Å². The van der Waals surface area contributed by atoms with E-state index >= 15 is 0 Å². The quantitative estimate of drug-likeness (QED) is 0.142. The van der Waals surface area contributed by atoms with Crippen molar-refractivity contribution in [3.63, 3.8) is 0 Å². The number of ether oxygens (including phenoxy) is 5. The highest BCUT2D eigenvalue weighted by molar-refractivity contribution is 5.91. The number of cyclic esters (lactones) is 1. The summed E-state index contributed by atoms with van der Waals surface area (Å²) in [5.41, 5.74) is 1.52. The summed E-state index contributed by atoms with van der Waals surface area (Å²) in [6.07, 6.45) is -2.41. The Kier molecular flexibility index (Phi) is 10.6. The highest BCUT2D eigenvalue weighted by Gasteiger charge is 2.49. The van der Waals surface area contributed by atoms with E-state index < -0.39 is 73.7 Å². The fourth-order valence-corrected chi connectivity index (χ4v) is 4.49. The molecular formula is C26H36O12. The van der Waals surface area contributed by atoms with Crippen LogP contribution in [0.5, 0.6) is 0 Å². The highest BCUT2D eigenvalue weighted by Crippen LogP contribution is 2.40. The molecule has 3 aliphatic rings. The summed E-state index contributed by atoms with van der Waals surface area (Å²) >= 11 is 0. The Hall–Kier alpha value is -2.58. The summed E-state index contributed by atoms with van der Waals surface area (Å²) in [5.74, 6) is -2.63. The topological polar surface area (TPSA) is 181 Å². The number of rotatable bonds is 10. The second-order valence-electron chi connectivity index (χ2n) is 9.47. The summed E-state index contributed by atoms with van der Waals surface area (Å²) in [6, 6.07) is 0. The lowest BCUT2D eigenvalue weighted by Gasteiger charge is -2.44. The predicted octanol–water partition coefficient (Wildman–Crippen LogP) is -0.0572. The molecule has 3 rings (SSSR count). The van der Waals surface area contributed by atoms with Crippen LogP contribution in [0.25, 0.3) is 0 Å². The molecule has 3 aliphatic heterocycles. The van der Waals surface area contributed by atoms with Gasteiger partial charge in [-0.3, -0.25) is 0 Å². The van der Waals surface area contributed by atoms with Gasteiger partial charge in [-0.15, -0.1) is 6.58 Å². The summed E-state index contributed by atoms with van der Waals surface area (Å²) in [6.45, 7) is 6.58. The number of carbonyl (C=O) groups excluding carboxylic acids is 2. The summed E-state index contributed by atoms with van der Waals surface area (Å²) < 4.78 is 27.4. The van der Waals surface area contributed by atoms with Crippen LogP contribution in [0.1, 0.15) is 33.1 Å². The lowest BCUT2D eigenvalue weighted by molar-refractivity contribution is -0.340. The molecule has 212 valence electrons. The van der Waals surface area contributed by atoms with Crippen LogP contribution in [0.15, 0.2) is 47.8 Å². The lowest BCUT2D eigenvalue weighted by Crippen LogP contribution is -2.60. The summed E-state index contributed by atoms with van der Waals surface area (Å²) in [5, 5.41) is 48.7. The molecule has 0 radical (unpaired) electrons. The van der Waals surface area contributed by atoms with Gasteiger partial charge in [-0.1, -0.05) is 23.8 Å². The van der Waals surface area contributed by atoms with Crippen LogP contribution in [-0.2, 0) is 33.3 Å². The van der Waals surface area contributed by atoms with E-state index in [1.165, 1.54) is 6.08 Å².